The van der Waals surface area contributed by atoms with E-state index in [-0.39, 0.29) is 13.2 Å². The lowest BCUT2D eigenvalue weighted by Crippen LogP contribution is -2.63. The predicted octanol–water partition coefficient (Wildman–Crippen LogP) is 1.57. The average Bonchev–Trinajstić information content (AvgIpc) is 2.81. The van der Waals surface area contributed by atoms with Gasteiger partial charge in [-0.05, 0) is 21.9 Å². The summed E-state index contributed by atoms with van der Waals surface area (Å²) >= 11 is 0. The van der Waals surface area contributed by atoms with Crippen LogP contribution in [0.1, 0.15) is 11.1 Å². The molecule has 3 aromatic rings. The molecule has 4 rings (SSSR count). The van der Waals surface area contributed by atoms with E-state index in [0.29, 0.717) is 0 Å². The summed E-state index contributed by atoms with van der Waals surface area (Å²) in [6.45, 7) is -0.0141. The molecule has 0 saturated carbocycles. The van der Waals surface area contributed by atoms with E-state index in [9.17, 15) is 20.4 Å². The Morgan fingerprint density at radius 2 is 1.52 bits per heavy atom. The largest absolute Gasteiger partial charge is 0.394 e. The summed E-state index contributed by atoms with van der Waals surface area (Å²) in [6, 6.07) is 23.4. The second-order valence-electron chi connectivity index (χ2n) is 7.69. The highest BCUT2D eigenvalue weighted by molar-refractivity contribution is 5.85. The number of aliphatic hydroxyl groups excluding tert-OH is 4. The van der Waals surface area contributed by atoms with Gasteiger partial charge in [0.1, 0.15) is 24.4 Å². The van der Waals surface area contributed by atoms with E-state index >= 15 is 0 Å². The Morgan fingerprint density at radius 1 is 0.806 bits per heavy atom. The fourth-order valence-electron chi connectivity index (χ4n) is 3.86. The second kappa shape index (κ2) is 9.84. The maximum atomic E-state index is 10.6. The Hall–Kier alpha value is -2.36. The van der Waals surface area contributed by atoms with Crippen LogP contribution in [-0.4, -0.2) is 62.7 Å². The lowest BCUT2D eigenvalue weighted by atomic mass is 9.98. The molecule has 0 spiro atoms. The van der Waals surface area contributed by atoms with Crippen molar-refractivity contribution in [1.82, 2.24) is 5.06 Å². The van der Waals surface area contributed by atoms with Crippen molar-refractivity contribution in [2.45, 2.75) is 43.8 Å². The van der Waals surface area contributed by atoms with Gasteiger partial charge in [-0.25, -0.2) is 0 Å². The van der Waals surface area contributed by atoms with Gasteiger partial charge in [-0.3, -0.25) is 4.84 Å². The first-order chi connectivity index (χ1) is 15.1. The van der Waals surface area contributed by atoms with Crippen molar-refractivity contribution in [2.75, 3.05) is 6.61 Å². The highest BCUT2D eigenvalue weighted by atomic mass is 16.7. The van der Waals surface area contributed by atoms with Crippen molar-refractivity contribution in [3.8, 4) is 0 Å². The second-order valence-corrected chi connectivity index (χ2v) is 7.69. The summed E-state index contributed by atoms with van der Waals surface area (Å²) < 4.78 is 5.76. The van der Waals surface area contributed by atoms with E-state index in [1.54, 1.807) is 0 Å². The summed E-state index contributed by atoms with van der Waals surface area (Å²) in [5.74, 6) is 0. The van der Waals surface area contributed by atoms with Crippen molar-refractivity contribution >= 4 is 10.8 Å². The minimum absolute atomic E-state index is 0.223. The van der Waals surface area contributed by atoms with E-state index in [1.807, 2.05) is 72.8 Å². The van der Waals surface area contributed by atoms with Crippen LogP contribution in [0.25, 0.3) is 10.8 Å². The molecule has 5 atom stereocenters. The van der Waals surface area contributed by atoms with Gasteiger partial charge in [0.15, 0.2) is 6.23 Å². The molecule has 0 aromatic heterocycles. The number of hydrogen-bond donors (Lipinski definition) is 4. The van der Waals surface area contributed by atoms with Gasteiger partial charge in [0, 0.05) is 0 Å². The molecule has 0 amide bonds. The van der Waals surface area contributed by atoms with Crippen LogP contribution in [0, 0.1) is 0 Å². The smallest absolute Gasteiger partial charge is 0.162 e. The van der Waals surface area contributed by atoms with Gasteiger partial charge in [-0.15, -0.1) is 0 Å². The highest BCUT2D eigenvalue weighted by Crippen LogP contribution is 2.27. The van der Waals surface area contributed by atoms with Gasteiger partial charge in [0.25, 0.3) is 0 Å². The van der Waals surface area contributed by atoms with Gasteiger partial charge in [-0.2, -0.15) is 5.06 Å². The normalized spacial score (nSPS) is 26.4. The van der Waals surface area contributed by atoms with Crippen molar-refractivity contribution in [1.29, 1.82) is 0 Å². The van der Waals surface area contributed by atoms with E-state index in [1.165, 1.54) is 5.06 Å². The minimum atomic E-state index is -1.48. The molecule has 0 bridgehead atoms. The van der Waals surface area contributed by atoms with Crippen LogP contribution in [0.15, 0.2) is 72.8 Å². The van der Waals surface area contributed by atoms with E-state index in [2.05, 4.69) is 0 Å². The molecule has 4 N–H and O–H groups in total. The molecule has 1 saturated heterocycles. The summed E-state index contributed by atoms with van der Waals surface area (Å²) in [7, 11) is 0. The molecule has 164 valence electrons. The quantitative estimate of drug-likeness (QED) is 0.426. The lowest BCUT2D eigenvalue weighted by molar-refractivity contribution is -0.342. The number of hydrogen-bond acceptors (Lipinski definition) is 7. The van der Waals surface area contributed by atoms with Crippen molar-refractivity contribution < 1.29 is 30.0 Å². The summed E-state index contributed by atoms with van der Waals surface area (Å²) in [4.78, 5) is 6.04. The molecule has 3 aromatic carbocycles. The molecule has 7 heteroatoms. The molecule has 1 aliphatic heterocycles. The molecule has 0 radical (unpaired) electrons. The molecule has 2 unspecified atom stereocenters. The summed E-state index contributed by atoms with van der Waals surface area (Å²) in [5, 5.41) is 44.2. The van der Waals surface area contributed by atoms with Crippen LogP contribution in [-0.2, 0) is 22.7 Å². The van der Waals surface area contributed by atoms with Crippen molar-refractivity contribution in [3.05, 3.63) is 83.9 Å². The number of ether oxygens (including phenoxy) is 1. The Kier molecular flexibility index (Phi) is 6.94. The summed E-state index contributed by atoms with van der Waals surface area (Å²) in [5.41, 5.74) is 1.87. The molecule has 1 aliphatic rings. The first-order valence-electron chi connectivity index (χ1n) is 10.3. The zero-order valence-corrected chi connectivity index (χ0v) is 17.0. The van der Waals surface area contributed by atoms with Crippen LogP contribution in [0.4, 0.5) is 0 Å². The number of benzene rings is 3. The third-order valence-electron chi connectivity index (χ3n) is 5.60. The number of rotatable bonds is 7. The van der Waals surface area contributed by atoms with E-state index in [0.717, 1.165) is 21.9 Å². The number of fused-ring (bicyclic) bond motifs is 1. The fourth-order valence-corrected chi connectivity index (χ4v) is 3.86. The average molecular weight is 425 g/mol. The maximum absolute atomic E-state index is 10.6. The standard InChI is InChI=1S/C24H27NO6/c26-14-20-21(27)22(28)23(29)24(31-20)25(30-15-16-7-2-1-3-8-16)13-18-11-6-10-17-9-4-5-12-19(17)18/h1-12,20-24,26-29H,13-15H2/t20?,21-,22+,23?,24-/m1/s1. The van der Waals surface area contributed by atoms with E-state index < -0.39 is 37.3 Å². The summed E-state index contributed by atoms with van der Waals surface area (Å²) in [6.07, 6.45) is -6.43. The first kappa shape index (κ1) is 21.9. The SMILES string of the molecule is OCC1O[C@@H](N(Cc2cccc3ccccc23)OCc2ccccc2)C(O)[C@@H](O)[C@@H]1O. The molecule has 31 heavy (non-hydrogen) atoms. The third-order valence-corrected chi connectivity index (χ3v) is 5.60. The van der Waals surface area contributed by atoms with Gasteiger partial charge >= 0.3 is 0 Å². The van der Waals surface area contributed by atoms with Crippen molar-refractivity contribution in [2.24, 2.45) is 0 Å². The Bertz CT molecular complexity index is 977. The molecular formula is C24H27NO6. The van der Waals surface area contributed by atoms with Crippen LogP contribution in [0.3, 0.4) is 0 Å². The number of aliphatic hydroxyl groups is 4. The Morgan fingerprint density at radius 3 is 2.29 bits per heavy atom. The Labute approximate surface area is 180 Å². The van der Waals surface area contributed by atoms with E-state index in [4.69, 9.17) is 9.57 Å². The zero-order chi connectivity index (χ0) is 21.8. The molecule has 1 fully saturated rings. The van der Waals surface area contributed by atoms with Gasteiger partial charge in [0.2, 0.25) is 0 Å². The number of nitrogens with zero attached hydrogens (tertiary/aromatic N) is 1. The van der Waals surface area contributed by atoms with Gasteiger partial charge < -0.3 is 25.2 Å². The van der Waals surface area contributed by atoms with Crippen molar-refractivity contribution in [3.63, 3.8) is 0 Å². The molecule has 1 heterocycles. The van der Waals surface area contributed by atoms with Gasteiger partial charge in [-0.1, -0.05) is 72.8 Å². The number of hydroxylamine groups is 2. The van der Waals surface area contributed by atoms with Gasteiger partial charge in [0.05, 0.1) is 19.8 Å². The predicted molar refractivity (Wildman–Crippen MR) is 114 cm³/mol. The molecule has 0 aliphatic carbocycles. The van der Waals surface area contributed by atoms with Crippen LogP contribution < -0.4 is 0 Å². The zero-order valence-electron chi connectivity index (χ0n) is 17.0. The third kappa shape index (κ3) is 4.78. The highest BCUT2D eigenvalue weighted by Gasteiger charge is 2.46. The molecule has 7 nitrogen and oxygen atoms in total. The van der Waals surface area contributed by atoms with Crippen LogP contribution in [0.2, 0.25) is 0 Å². The topological polar surface area (TPSA) is 103 Å². The lowest BCUT2D eigenvalue weighted by Gasteiger charge is -2.44. The minimum Gasteiger partial charge on any atom is -0.394 e. The van der Waals surface area contributed by atoms with Crippen LogP contribution in [0.5, 0.6) is 0 Å². The Balaban J connectivity index is 1.63. The first-order valence-corrected chi connectivity index (χ1v) is 10.3. The van der Waals surface area contributed by atoms with Crippen LogP contribution >= 0.6 is 0 Å². The molecular weight excluding hydrogens is 398 g/mol. The monoisotopic (exact) mass is 425 g/mol. The fraction of sp³-hybridized carbons (Fsp3) is 0.333. The maximum Gasteiger partial charge on any atom is 0.162 e.